The first kappa shape index (κ1) is 34.5. The van der Waals surface area contributed by atoms with Gasteiger partial charge in [-0.25, -0.2) is 4.57 Å². The molecule has 0 aromatic heterocycles. The van der Waals surface area contributed by atoms with Crippen molar-refractivity contribution in [3.05, 3.63) is 102 Å². The highest BCUT2D eigenvalue weighted by Gasteiger charge is 2.40. The lowest BCUT2D eigenvalue weighted by atomic mass is 9.87. The molecule has 0 saturated carbocycles. The van der Waals surface area contributed by atoms with E-state index in [1.807, 2.05) is 60.7 Å². The molecule has 0 spiro atoms. The van der Waals surface area contributed by atoms with Crippen LogP contribution in [-0.4, -0.2) is 55.4 Å². The predicted octanol–water partition coefficient (Wildman–Crippen LogP) is 4.20. The van der Waals surface area contributed by atoms with Crippen molar-refractivity contribution in [3.8, 4) is 5.75 Å². The van der Waals surface area contributed by atoms with Crippen LogP contribution in [0.5, 0.6) is 5.75 Å². The zero-order valence-electron chi connectivity index (χ0n) is 25.0. The van der Waals surface area contributed by atoms with Gasteiger partial charge in [0.2, 0.25) is 5.91 Å². The average Bonchev–Trinajstić information content (AvgIpc) is 3.03. The summed E-state index contributed by atoms with van der Waals surface area (Å²) in [6, 6.07) is 25.4. The number of methoxy groups -OCH3 is 1. The molecular weight excluding hydrogens is 587 g/mol. The number of ether oxygens (including phenoxy) is 2. The molecule has 3 atom stereocenters. The summed E-state index contributed by atoms with van der Waals surface area (Å²) >= 11 is 0. The Hall–Kier alpha value is -4.02. The van der Waals surface area contributed by atoms with E-state index in [1.165, 1.54) is 7.11 Å². The maximum atomic E-state index is 14.3. The molecule has 3 N–H and O–H groups in total. The lowest BCUT2D eigenvalue weighted by molar-refractivity contribution is -0.147. The van der Waals surface area contributed by atoms with Crippen molar-refractivity contribution in [1.29, 1.82) is 0 Å². The molecule has 236 valence electrons. The highest BCUT2D eigenvalue weighted by atomic mass is 31.2. The van der Waals surface area contributed by atoms with Gasteiger partial charge < -0.3 is 24.4 Å². The monoisotopic (exact) mass is 626 g/mol. The fraction of sp³-hybridized carbons (Fsp3) is 0.344. The molecule has 3 rings (SSSR count). The molecule has 0 aliphatic carbocycles. The van der Waals surface area contributed by atoms with Crippen LogP contribution in [0.25, 0.3) is 0 Å². The maximum absolute atomic E-state index is 14.3. The highest BCUT2D eigenvalue weighted by molar-refractivity contribution is 7.52. The van der Waals surface area contributed by atoms with Crippen LogP contribution in [0.15, 0.2) is 91.0 Å². The SMILES string of the molecule is COC(=O)CCNC(=O)C(O)C(C)(C)COP(=O)(NC(Cc1ccccc1)C(=O)OCc1ccccc1)Oc1ccccc1. The summed E-state index contributed by atoms with van der Waals surface area (Å²) < 4.78 is 36.0. The van der Waals surface area contributed by atoms with Crippen molar-refractivity contribution in [2.45, 2.75) is 45.4 Å². The minimum atomic E-state index is -4.34. The van der Waals surface area contributed by atoms with E-state index in [0.717, 1.165) is 11.1 Å². The van der Waals surface area contributed by atoms with E-state index in [0.29, 0.717) is 0 Å². The Kier molecular flexibility index (Phi) is 13.1. The van der Waals surface area contributed by atoms with Gasteiger partial charge >= 0.3 is 19.7 Å². The molecule has 3 aromatic carbocycles. The van der Waals surface area contributed by atoms with Crippen LogP contribution in [-0.2, 0) is 46.0 Å². The Morgan fingerprint density at radius 1 is 0.886 bits per heavy atom. The Labute approximate surface area is 257 Å². The lowest BCUT2D eigenvalue weighted by Gasteiger charge is -2.32. The van der Waals surface area contributed by atoms with E-state index in [2.05, 4.69) is 15.1 Å². The largest absolute Gasteiger partial charge is 0.469 e. The summed E-state index contributed by atoms with van der Waals surface area (Å²) in [6.07, 6.45) is -1.56. The summed E-state index contributed by atoms with van der Waals surface area (Å²) in [4.78, 5) is 37.3. The van der Waals surface area contributed by atoms with Crippen LogP contribution < -0.4 is 14.9 Å². The number of para-hydroxylation sites is 1. The van der Waals surface area contributed by atoms with Crippen LogP contribution in [0, 0.1) is 5.41 Å². The van der Waals surface area contributed by atoms with E-state index < -0.39 is 49.8 Å². The molecule has 12 heteroatoms. The molecule has 0 heterocycles. The normalized spacial score (nSPS) is 14.0. The van der Waals surface area contributed by atoms with E-state index in [4.69, 9.17) is 13.8 Å². The van der Waals surface area contributed by atoms with Crippen LogP contribution in [0.1, 0.15) is 31.4 Å². The fourth-order valence-corrected chi connectivity index (χ4v) is 5.59. The first-order chi connectivity index (χ1) is 21.0. The van der Waals surface area contributed by atoms with Crippen molar-refractivity contribution in [2.24, 2.45) is 5.41 Å². The van der Waals surface area contributed by atoms with Gasteiger partial charge in [0.05, 0.1) is 20.1 Å². The Morgan fingerprint density at radius 3 is 2.05 bits per heavy atom. The number of esters is 2. The number of benzene rings is 3. The Morgan fingerprint density at radius 2 is 1.45 bits per heavy atom. The molecule has 0 aliphatic rings. The number of amides is 1. The summed E-state index contributed by atoms with van der Waals surface area (Å²) in [5.74, 6) is -1.73. The van der Waals surface area contributed by atoms with Gasteiger partial charge in [-0.2, -0.15) is 5.09 Å². The van der Waals surface area contributed by atoms with Crippen molar-refractivity contribution >= 4 is 25.6 Å². The smallest absolute Gasteiger partial charge is 0.459 e. The van der Waals surface area contributed by atoms with Gasteiger partial charge in [0.1, 0.15) is 24.5 Å². The number of aliphatic hydroxyl groups is 1. The minimum absolute atomic E-state index is 0.00164. The third-order valence-corrected chi connectivity index (χ3v) is 8.07. The molecule has 44 heavy (non-hydrogen) atoms. The summed E-state index contributed by atoms with van der Waals surface area (Å²) in [5, 5.41) is 16.0. The molecule has 0 saturated heterocycles. The second-order valence-corrected chi connectivity index (χ2v) is 12.3. The van der Waals surface area contributed by atoms with Gasteiger partial charge in [0.15, 0.2) is 0 Å². The van der Waals surface area contributed by atoms with Crippen molar-refractivity contribution < 1.29 is 42.6 Å². The Balaban J connectivity index is 1.80. The lowest BCUT2D eigenvalue weighted by Crippen LogP contribution is -2.47. The zero-order chi connectivity index (χ0) is 32.0. The number of rotatable bonds is 17. The Bertz CT molecular complexity index is 1390. The van der Waals surface area contributed by atoms with Gasteiger partial charge in [0.25, 0.3) is 0 Å². The third-order valence-electron chi connectivity index (χ3n) is 6.52. The van der Waals surface area contributed by atoms with E-state index in [9.17, 15) is 24.1 Å². The molecular formula is C32H39N2O9P. The number of nitrogens with one attached hydrogen (secondary N) is 2. The molecule has 3 aromatic rings. The van der Waals surface area contributed by atoms with Gasteiger partial charge in [-0.05, 0) is 29.7 Å². The van der Waals surface area contributed by atoms with Gasteiger partial charge in [-0.1, -0.05) is 92.7 Å². The van der Waals surface area contributed by atoms with Gasteiger partial charge in [0, 0.05) is 12.0 Å². The second-order valence-electron chi connectivity index (χ2n) is 10.6. The second kappa shape index (κ2) is 16.7. The molecule has 3 unspecified atom stereocenters. The average molecular weight is 627 g/mol. The van der Waals surface area contributed by atoms with Gasteiger partial charge in [-0.15, -0.1) is 0 Å². The van der Waals surface area contributed by atoms with Crippen LogP contribution in [0.2, 0.25) is 0 Å². The number of carbonyl (C=O) groups is 3. The van der Waals surface area contributed by atoms with E-state index in [1.54, 1.807) is 44.2 Å². The van der Waals surface area contributed by atoms with Crippen LogP contribution in [0.4, 0.5) is 0 Å². The zero-order valence-corrected chi connectivity index (χ0v) is 25.9. The number of hydrogen-bond acceptors (Lipinski definition) is 9. The number of carbonyl (C=O) groups excluding carboxylic acids is 3. The van der Waals surface area contributed by atoms with Gasteiger partial charge in [-0.3, -0.25) is 18.9 Å². The van der Waals surface area contributed by atoms with Crippen molar-refractivity contribution in [2.75, 3.05) is 20.3 Å². The first-order valence-electron chi connectivity index (χ1n) is 14.1. The fourth-order valence-electron chi connectivity index (χ4n) is 3.93. The summed E-state index contributed by atoms with van der Waals surface area (Å²) in [6.45, 7) is 2.64. The molecule has 11 nitrogen and oxygen atoms in total. The molecule has 0 fully saturated rings. The van der Waals surface area contributed by atoms with E-state index in [-0.39, 0.29) is 31.7 Å². The van der Waals surface area contributed by atoms with Crippen LogP contribution >= 0.6 is 7.75 Å². The van der Waals surface area contributed by atoms with E-state index >= 15 is 0 Å². The minimum Gasteiger partial charge on any atom is -0.469 e. The highest BCUT2D eigenvalue weighted by Crippen LogP contribution is 2.46. The summed E-state index contributed by atoms with van der Waals surface area (Å²) in [5.41, 5.74) is 0.280. The van der Waals surface area contributed by atoms with Crippen molar-refractivity contribution in [3.63, 3.8) is 0 Å². The standard InChI is InChI=1S/C32H39N2O9P/c1-32(2,29(36)30(37)33-20-19-28(35)40-3)23-42-44(39,43-26-17-11-6-12-18-26)34-27(21-24-13-7-4-8-14-24)31(38)41-22-25-15-9-5-10-16-25/h4-18,27,29,36H,19-23H2,1-3H3,(H,33,37)(H,34,39). The number of aliphatic hydroxyl groups excluding tert-OH is 1. The maximum Gasteiger partial charge on any atom is 0.459 e. The van der Waals surface area contributed by atoms with Crippen molar-refractivity contribution in [1.82, 2.24) is 10.4 Å². The molecule has 1 amide bonds. The summed E-state index contributed by atoms with van der Waals surface area (Å²) in [7, 11) is -3.11. The van der Waals surface area contributed by atoms with Crippen LogP contribution in [0.3, 0.4) is 0 Å². The predicted molar refractivity (Wildman–Crippen MR) is 163 cm³/mol. The molecule has 0 aliphatic heterocycles. The molecule has 0 bridgehead atoms. The topological polar surface area (TPSA) is 149 Å². The quantitative estimate of drug-likeness (QED) is 0.147. The molecule has 0 radical (unpaired) electrons. The first-order valence-corrected chi connectivity index (χ1v) is 15.6. The number of hydrogen-bond donors (Lipinski definition) is 3. The third kappa shape index (κ3) is 11.2.